The van der Waals surface area contributed by atoms with Crippen LogP contribution in [-0.4, -0.2) is 0 Å². The maximum Gasteiger partial charge on any atom is 0 e. The largest absolute Gasteiger partial charge is 1.00 e. The number of rotatable bonds is 0. The van der Waals surface area contributed by atoms with E-state index in [0.717, 1.165) is 0 Å². The molecular weight excluding hydrogens is 356 g/mol. The molecule has 0 bridgehead atoms. The van der Waals surface area contributed by atoms with Gasteiger partial charge >= 0.3 is 0 Å². The molecule has 0 spiro atoms. The fraction of sp³-hybridized carbons (Fsp3) is 0. The van der Waals surface area contributed by atoms with Crippen LogP contribution in [0.15, 0.2) is 25.3 Å². The third-order valence-electron chi connectivity index (χ3n) is 0. The van der Waals surface area contributed by atoms with Crippen molar-refractivity contribution in [3.8, 4) is 0 Å². The predicted octanol–water partition coefficient (Wildman–Crippen LogP) is -3.98. The Morgan fingerprint density at radius 1 is 0.700 bits per heavy atom. The Bertz CT molecular complexity index is 34.7. The minimum Gasteiger partial charge on any atom is -1.00 e. The van der Waals surface area contributed by atoms with Crippen molar-refractivity contribution < 1.29 is 65.7 Å². The van der Waals surface area contributed by atoms with Crippen LogP contribution < -0.4 is 24.8 Å². The van der Waals surface area contributed by atoms with Crippen LogP contribution in [0.1, 0.15) is 0 Å². The number of halogens is 2. The summed E-state index contributed by atoms with van der Waals surface area (Å²) in [7, 11) is 0. The molecule has 0 aliphatic heterocycles. The number of hydrogen-bond donors (Lipinski definition) is 0. The van der Waals surface area contributed by atoms with Crippen molar-refractivity contribution in [1.82, 2.24) is 0 Å². The van der Waals surface area contributed by atoms with Crippen LogP contribution in [0.25, 0.3) is 0 Å². The summed E-state index contributed by atoms with van der Waals surface area (Å²) in [6, 6.07) is 0. The minimum absolute atomic E-state index is 0. The monoisotopic (exact) mass is 364 g/mol. The average Bonchev–Trinajstić information content (AvgIpc) is 1.39. The molecule has 0 aliphatic rings. The van der Waals surface area contributed by atoms with Gasteiger partial charge in [0.05, 0.1) is 0 Å². The third-order valence-corrected chi connectivity index (χ3v) is 0. The van der Waals surface area contributed by atoms with Crippen molar-refractivity contribution in [3.05, 3.63) is 39.2 Å². The van der Waals surface area contributed by atoms with Crippen LogP contribution in [-0.2, 0) is 40.8 Å². The van der Waals surface area contributed by atoms with E-state index in [-0.39, 0.29) is 65.7 Å². The molecule has 70 valence electrons. The van der Waals surface area contributed by atoms with Gasteiger partial charge in [-0.25, -0.2) is 0 Å². The van der Waals surface area contributed by atoms with Gasteiger partial charge in [0.2, 0.25) is 0 Å². The maximum absolute atomic E-state index is 3.25. The Labute approximate surface area is 104 Å². The summed E-state index contributed by atoms with van der Waals surface area (Å²) in [5.74, 6) is 0. The zero-order valence-electron chi connectivity index (χ0n) is 5.37. The van der Waals surface area contributed by atoms with Crippen molar-refractivity contribution in [2.24, 2.45) is 0 Å². The zero-order chi connectivity index (χ0) is 5.41. The standard InChI is InChI=1S/2C3H5.2ClH.2Pd/c2*1-3-2;;;;/h2*3H,1-2H2;2*1H;;/p-2. The Morgan fingerprint density at radius 3 is 0.700 bits per heavy atom. The van der Waals surface area contributed by atoms with Gasteiger partial charge in [-0.3, -0.25) is 0 Å². The molecular formula is C6H10Cl2Pd2-2. The molecule has 0 nitrogen and oxygen atoms in total. The molecule has 0 saturated heterocycles. The molecule has 0 fully saturated rings. The van der Waals surface area contributed by atoms with Crippen molar-refractivity contribution in [1.29, 1.82) is 0 Å². The summed E-state index contributed by atoms with van der Waals surface area (Å²) < 4.78 is 0. The van der Waals surface area contributed by atoms with Crippen LogP contribution in [0, 0.1) is 13.8 Å². The molecule has 0 N–H and O–H groups in total. The molecule has 2 radical (unpaired) electrons. The number of hydrogen-bond acceptors (Lipinski definition) is 0. The van der Waals surface area contributed by atoms with Crippen molar-refractivity contribution >= 4 is 0 Å². The van der Waals surface area contributed by atoms with Gasteiger partial charge < -0.3 is 24.8 Å². The van der Waals surface area contributed by atoms with Crippen LogP contribution in [0.3, 0.4) is 0 Å². The fourth-order valence-electron chi connectivity index (χ4n) is 0. The molecule has 0 heterocycles. The molecule has 0 atom stereocenters. The summed E-state index contributed by atoms with van der Waals surface area (Å²) in [5.41, 5.74) is 0. The Hall–Kier alpha value is 1.38. The van der Waals surface area contributed by atoms with Gasteiger partial charge in [0.25, 0.3) is 0 Å². The second-order valence-corrected chi connectivity index (χ2v) is 0.577. The van der Waals surface area contributed by atoms with Gasteiger partial charge in [0.15, 0.2) is 0 Å². The Balaban J connectivity index is -0.00000000571. The molecule has 0 aliphatic carbocycles. The zero-order valence-corrected chi connectivity index (χ0v) is 9.99. The third kappa shape index (κ3) is 344. The predicted molar refractivity (Wildman–Crippen MR) is 31.1 cm³/mol. The quantitative estimate of drug-likeness (QED) is 0.384. The normalized spacial score (nSPS) is 2.60. The van der Waals surface area contributed by atoms with E-state index < -0.39 is 0 Å². The van der Waals surface area contributed by atoms with E-state index in [1.807, 2.05) is 0 Å². The van der Waals surface area contributed by atoms with Gasteiger partial charge in [0.1, 0.15) is 0 Å². The van der Waals surface area contributed by atoms with Crippen LogP contribution in [0.4, 0.5) is 0 Å². The van der Waals surface area contributed by atoms with Crippen LogP contribution in [0.2, 0.25) is 0 Å². The molecule has 0 saturated carbocycles. The van der Waals surface area contributed by atoms with E-state index in [0.29, 0.717) is 0 Å². The van der Waals surface area contributed by atoms with Gasteiger partial charge in [-0.15, -0.1) is 13.2 Å². The SMILES string of the molecule is [CH2]C=C.[CH2]C=C.[Cl-].[Cl-].[Pd].[Pd]. The van der Waals surface area contributed by atoms with Gasteiger partial charge in [0, 0.05) is 40.8 Å². The summed E-state index contributed by atoms with van der Waals surface area (Å²) >= 11 is 0. The van der Waals surface area contributed by atoms with Crippen molar-refractivity contribution in [3.63, 3.8) is 0 Å². The van der Waals surface area contributed by atoms with Crippen LogP contribution in [0.5, 0.6) is 0 Å². The van der Waals surface area contributed by atoms with E-state index in [9.17, 15) is 0 Å². The van der Waals surface area contributed by atoms with E-state index in [2.05, 4.69) is 27.0 Å². The summed E-state index contributed by atoms with van der Waals surface area (Å²) in [4.78, 5) is 0. The second-order valence-electron chi connectivity index (χ2n) is 0.577. The van der Waals surface area contributed by atoms with E-state index >= 15 is 0 Å². The van der Waals surface area contributed by atoms with Gasteiger partial charge in [-0.1, -0.05) is 12.2 Å². The first-order valence-electron chi connectivity index (χ1n) is 1.63. The molecule has 10 heavy (non-hydrogen) atoms. The maximum atomic E-state index is 3.25. The van der Waals surface area contributed by atoms with Gasteiger partial charge in [-0.2, -0.15) is 0 Å². The topological polar surface area (TPSA) is 0 Å². The Morgan fingerprint density at radius 2 is 0.700 bits per heavy atom. The number of allylic oxidation sites excluding steroid dienone is 2. The molecule has 0 rings (SSSR count). The molecule has 0 amide bonds. The molecule has 0 unspecified atom stereocenters. The summed E-state index contributed by atoms with van der Waals surface area (Å²) in [6.07, 6.45) is 3.00. The average molecular weight is 366 g/mol. The van der Waals surface area contributed by atoms with E-state index in [1.165, 1.54) is 12.2 Å². The van der Waals surface area contributed by atoms with E-state index in [1.54, 1.807) is 0 Å². The first-order valence-corrected chi connectivity index (χ1v) is 1.63. The Kier molecular flexibility index (Phi) is 338. The summed E-state index contributed by atoms with van der Waals surface area (Å²) in [5, 5.41) is 0. The smallest absolute Gasteiger partial charge is 0 e. The second kappa shape index (κ2) is 79.8. The molecule has 4 heteroatoms. The first kappa shape index (κ1) is 42.3. The van der Waals surface area contributed by atoms with Crippen molar-refractivity contribution in [2.45, 2.75) is 0 Å². The molecule has 0 aromatic carbocycles. The molecule has 0 aromatic rings. The van der Waals surface area contributed by atoms with Crippen LogP contribution >= 0.6 is 0 Å². The fourth-order valence-corrected chi connectivity index (χ4v) is 0. The summed E-state index contributed by atoms with van der Waals surface area (Å²) in [6.45, 7) is 13.0. The first-order chi connectivity index (χ1) is 2.83. The van der Waals surface area contributed by atoms with Gasteiger partial charge in [-0.05, 0) is 13.8 Å². The van der Waals surface area contributed by atoms with Crippen molar-refractivity contribution in [2.75, 3.05) is 0 Å². The minimum atomic E-state index is 0. The molecule has 0 aromatic heterocycles. The van der Waals surface area contributed by atoms with E-state index in [4.69, 9.17) is 0 Å².